The standard InChI is InChI=1S/C11H13F2NO/c1-2-4-10(14)8-5-3-6-9(7-8)15-11(12)13/h2-3,5-7,10-11H,1,4,14H2/t10-/m1/s1. The number of ether oxygens (including phenoxy) is 1. The number of rotatable bonds is 5. The van der Waals surface area contributed by atoms with Crippen molar-refractivity contribution in [1.29, 1.82) is 0 Å². The maximum absolute atomic E-state index is 11.9. The first-order chi connectivity index (χ1) is 7.13. The largest absolute Gasteiger partial charge is 0.435 e. The summed E-state index contributed by atoms with van der Waals surface area (Å²) >= 11 is 0. The average Bonchev–Trinajstić information content (AvgIpc) is 2.17. The lowest BCUT2D eigenvalue weighted by molar-refractivity contribution is -0.0498. The molecule has 0 aliphatic heterocycles. The number of nitrogens with two attached hydrogens (primary N) is 1. The maximum atomic E-state index is 11.9. The number of hydrogen-bond donors (Lipinski definition) is 1. The second-order valence-electron chi connectivity index (χ2n) is 3.08. The molecule has 2 N–H and O–H groups in total. The van der Waals surface area contributed by atoms with Crippen LogP contribution in [0.4, 0.5) is 8.78 Å². The van der Waals surface area contributed by atoms with E-state index in [9.17, 15) is 8.78 Å². The minimum Gasteiger partial charge on any atom is -0.435 e. The lowest BCUT2D eigenvalue weighted by Crippen LogP contribution is -2.09. The molecule has 2 nitrogen and oxygen atoms in total. The fourth-order valence-corrected chi connectivity index (χ4v) is 1.24. The van der Waals surface area contributed by atoms with Gasteiger partial charge in [-0.25, -0.2) is 0 Å². The highest BCUT2D eigenvalue weighted by molar-refractivity contribution is 5.30. The quantitative estimate of drug-likeness (QED) is 0.763. The zero-order chi connectivity index (χ0) is 11.3. The molecule has 0 radical (unpaired) electrons. The zero-order valence-electron chi connectivity index (χ0n) is 8.20. The highest BCUT2D eigenvalue weighted by Gasteiger charge is 2.07. The molecular formula is C11H13F2NO. The third kappa shape index (κ3) is 3.67. The van der Waals surface area contributed by atoms with E-state index in [2.05, 4.69) is 11.3 Å². The summed E-state index contributed by atoms with van der Waals surface area (Å²) in [6.07, 6.45) is 2.28. The van der Waals surface area contributed by atoms with Gasteiger partial charge < -0.3 is 10.5 Å². The molecule has 0 saturated heterocycles. The molecule has 0 fully saturated rings. The van der Waals surface area contributed by atoms with Gasteiger partial charge in [0.1, 0.15) is 5.75 Å². The van der Waals surface area contributed by atoms with Gasteiger partial charge in [0.25, 0.3) is 0 Å². The molecule has 0 aromatic heterocycles. The molecule has 0 aliphatic rings. The molecule has 4 heteroatoms. The van der Waals surface area contributed by atoms with Gasteiger partial charge in [0.05, 0.1) is 0 Å². The predicted octanol–water partition coefficient (Wildman–Crippen LogP) is 2.86. The van der Waals surface area contributed by atoms with Gasteiger partial charge in [-0.05, 0) is 24.1 Å². The lowest BCUT2D eigenvalue weighted by Gasteiger charge is -2.11. The summed E-state index contributed by atoms with van der Waals surface area (Å²) in [5.41, 5.74) is 6.55. The number of benzene rings is 1. The van der Waals surface area contributed by atoms with Crippen molar-refractivity contribution in [2.24, 2.45) is 5.73 Å². The molecular weight excluding hydrogens is 200 g/mol. The fraction of sp³-hybridized carbons (Fsp3) is 0.273. The summed E-state index contributed by atoms with van der Waals surface area (Å²) in [6, 6.07) is 6.16. The molecule has 0 saturated carbocycles. The Bertz CT molecular complexity index is 328. The number of alkyl halides is 2. The van der Waals surface area contributed by atoms with E-state index < -0.39 is 6.61 Å². The second kappa shape index (κ2) is 5.46. The minimum absolute atomic E-state index is 0.127. The van der Waals surface area contributed by atoms with Crippen LogP contribution in [0.15, 0.2) is 36.9 Å². The SMILES string of the molecule is C=CC[C@@H](N)c1cccc(OC(F)F)c1. The van der Waals surface area contributed by atoms with E-state index in [0.29, 0.717) is 6.42 Å². The molecule has 82 valence electrons. The Morgan fingerprint density at radius 1 is 1.47 bits per heavy atom. The van der Waals surface area contributed by atoms with Crippen molar-refractivity contribution < 1.29 is 13.5 Å². The smallest absolute Gasteiger partial charge is 0.387 e. The number of halogens is 2. The van der Waals surface area contributed by atoms with E-state index in [1.807, 2.05) is 0 Å². The normalized spacial score (nSPS) is 12.5. The summed E-state index contributed by atoms with van der Waals surface area (Å²) in [5.74, 6) is 0.127. The Morgan fingerprint density at radius 3 is 2.80 bits per heavy atom. The van der Waals surface area contributed by atoms with Gasteiger partial charge in [0.2, 0.25) is 0 Å². The molecule has 0 unspecified atom stereocenters. The van der Waals surface area contributed by atoms with Gasteiger partial charge >= 0.3 is 6.61 Å². The van der Waals surface area contributed by atoms with Crippen molar-refractivity contribution in [2.45, 2.75) is 19.1 Å². The Balaban J connectivity index is 2.77. The molecule has 1 aromatic carbocycles. The van der Waals surface area contributed by atoms with Crippen molar-refractivity contribution in [3.8, 4) is 5.75 Å². The van der Waals surface area contributed by atoms with Gasteiger partial charge in [-0.1, -0.05) is 18.2 Å². The van der Waals surface area contributed by atoms with Crippen LogP contribution in [0.1, 0.15) is 18.0 Å². The van der Waals surface area contributed by atoms with E-state index in [1.54, 1.807) is 18.2 Å². The first kappa shape index (κ1) is 11.7. The van der Waals surface area contributed by atoms with E-state index in [4.69, 9.17) is 5.73 Å². The Hall–Kier alpha value is -1.42. The van der Waals surface area contributed by atoms with Crippen LogP contribution in [0.2, 0.25) is 0 Å². The van der Waals surface area contributed by atoms with Gasteiger partial charge in [-0.2, -0.15) is 8.78 Å². The highest BCUT2D eigenvalue weighted by atomic mass is 19.3. The third-order valence-electron chi connectivity index (χ3n) is 1.93. The van der Waals surface area contributed by atoms with Crippen LogP contribution in [0.3, 0.4) is 0 Å². The van der Waals surface area contributed by atoms with Crippen molar-refractivity contribution in [3.05, 3.63) is 42.5 Å². The summed E-state index contributed by atoms with van der Waals surface area (Å²) in [6.45, 7) is 0.756. The predicted molar refractivity (Wildman–Crippen MR) is 54.8 cm³/mol. The van der Waals surface area contributed by atoms with E-state index in [-0.39, 0.29) is 11.8 Å². The Labute approximate surface area is 87.4 Å². The van der Waals surface area contributed by atoms with Gasteiger partial charge in [0.15, 0.2) is 0 Å². The Kier molecular flexibility index (Phi) is 4.24. The van der Waals surface area contributed by atoms with Gasteiger partial charge in [-0.3, -0.25) is 0 Å². The first-order valence-corrected chi connectivity index (χ1v) is 4.54. The maximum Gasteiger partial charge on any atom is 0.387 e. The molecule has 0 aliphatic carbocycles. The van der Waals surface area contributed by atoms with Crippen LogP contribution in [-0.2, 0) is 0 Å². The van der Waals surface area contributed by atoms with Crippen LogP contribution < -0.4 is 10.5 Å². The van der Waals surface area contributed by atoms with Crippen molar-refractivity contribution in [3.63, 3.8) is 0 Å². The van der Waals surface area contributed by atoms with E-state index >= 15 is 0 Å². The third-order valence-corrected chi connectivity index (χ3v) is 1.93. The second-order valence-corrected chi connectivity index (χ2v) is 3.08. The molecule has 1 aromatic rings. The van der Waals surface area contributed by atoms with Crippen molar-refractivity contribution in [1.82, 2.24) is 0 Å². The van der Waals surface area contributed by atoms with Crippen LogP contribution >= 0.6 is 0 Å². The van der Waals surface area contributed by atoms with E-state index in [1.165, 1.54) is 12.1 Å². The first-order valence-electron chi connectivity index (χ1n) is 4.54. The molecule has 15 heavy (non-hydrogen) atoms. The molecule has 0 bridgehead atoms. The minimum atomic E-state index is -2.81. The topological polar surface area (TPSA) is 35.2 Å². The molecule has 1 atom stereocenters. The van der Waals surface area contributed by atoms with Crippen molar-refractivity contribution >= 4 is 0 Å². The fourth-order valence-electron chi connectivity index (χ4n) is 1.24. The molecule has 0 amide bonds. The van der Waals surface area contributed by atoms with Crippen LogP contribution in [0.25, 0.3) is 0 Å². The summed E-state index contributed by atoms with van der Waals surface area (Å²) in [7, 11) is 0. The summed E-state index contributed by atoms with van der Waals surface area (Å²) < 4.78 is 28.1. The molecule has 0 heterocycles. The van der Waals surface area contributed by atoms with Gasteiger partial charge in [-0.15, -0.1) is 6.58 Å². The molecule has 1 rings (SSSR count). The highest BCUT2D eigenvalue weighted by Crippen LogP contribution is 2.21. The van der Waals surface area contributed by atoms with Crippen LogP contribution in [0, 0.1) is 0 Å². The van der Waals surface area contributed by atoms with Gasteiger partial charge in [0, 0.05) is 6.04 Å². The lowest BCUT2D eigenvalue weighted by atomic mass is 10.0. The van der Waals surface area contributed by atoms with Crippen LogP contribution in [-0.4, -0.2) is 6.61 Å². The zero-order valence-corrected chi connectivity index (χ0v) is 8.20. The monoisotopic (exact) mass is 213 g/mol. The van der Waals surface area contributed by atoms with Crippen molar-refractivity contribution in [2.75, 3.05) is 0 Å². The Morgan fingerprint density at radius 2 is 2.20 bits per heavy atom. The molecule has 0 spiro atoms. The number of hydrogen-bond acceptors (Lipinski definition) is 2. The summed E-state index contributed by atoms with van der Waals surface area (Å²) in [4.78, 5) is 0. The summed E-state index contributed by atoms with van der Waals surface area (Å²) in [5, 5.41) is 0. The van der Waals surface area contributed by atoms with Crippen LogP contribution in [0.5, 0.6) is 5.75 Å². The average molecular weight is 213 g/mol. The van der Waals surface area contributed by atoms with E-state index in [0.717, 1.165) is 5.56 Å².